The van der Waals surface area contributed by atoms with E-state index in [9.17, 15) is 9.59 Å². The van der Waals surface area contributed by atoms with Crippen molar-refractivity contribution in [3.05, 3.63) is 47.9 Å². The number of hydrogen-bond acceptors (Lipinski definition) is 3. The lowest BCUT2D eigenvalue weighted by Gasteiger charge is -1.99. The van der Waals surface area contributed by atoms with Gasteiger partial charge in [-0.25, -0.2) is 0 Å². The smallest absolute Gasteiger partial charge is 0.251 e. The second-order valence-corrected chi connectivity index (χ2v) is 2.90. The quantitative estimate of drug-likeness (QED) is 0.768. The maximum Gasteiger partial charge on any atom is 0.251 e. The molecule has 0 atom stereocenters. The average molecular weight is 215 g/mol. The van der Waals surface area contributed by atoms with Gasteiger partial charge in [0.05, 0.1) is 11.4 Å². The molecule has 1 rings (SSSR count). The molecule has 0 spiro atoms. The Morgan fingerprint density at radius 3 is 2.88 bits per heavy atom. The molecule has 0 saturated heterocycles. The molecule has 1 radical (unpaired) electrons. The van der Waals surface area contributed by atoms with Gasteiger partial charge in [0.25, 0.3) is 6.29 Å². The lowest BCUT2D eigenvalue weighted by molar-refractivity contribution is -0.115. The highest BCUT2D eigenvalue weighted by atomic mass is 16.2. The number of hydrogen-bond donors (Lipinski definition) is 1. The fourth-order valence-electron chi connectivity index (χ4n) is 1.03. The Kier molecular flexibility index (Phi) is 4.66. The van der Waals surface area contributed by atoms with Crippen LogP contribution in [0.25, 0.3) is 6.08 Å². The van der Waals surface area contributed by atoms with E-state index in [1.54, 1.807) is 43.7 Å². The van der Waals surface area contributed by atoms with Crippen LogP contribution in [0.2, 0.25) is 0 Å². The summed E-state index contributed by atoms with van der Waals surface area (Å²) in [5.41, 5.74) is 0.642. The van der Waals surface area contributed by atoms with Crippen molar-refractivity contribution in [3.8, 4) is 0 Å². The number of amides is 1. The molecule has 4 heteroatoms. The van der Waals surface area contributed by atoms with Crippen LogP contribution in [0.3, 0.4) is 0 Å². The maximum atomic E-state index is 11.2. The summed E-state index contributed by atoms with van der Waals surface area (Å²) in [6.07, 6.45) is 7.60. The molecular weight excluding hydrogens is 204 g/mol. The molecular formula is C12H11N2O2. The van der Waals surface area contributed by atoms with E-state index in [-0.39, 0.29) is 11.6 Å². The van der Waals surface area contributed by atoms with E-state index in [4.69, 9.17) is 0 Å². The molecule has 16 heavy (non-hydrogen) atoms. The first kappa shape index (κ1) is 11.8. The number of rotatable bonds is 4. The summed E-state index contributed by atoms with van der Waals surface area (Å²) >= 11 is 0. The molecule has 4 nitrogen and oxygen atoms in total. The lowest BCUT2D eigenvalue weighted by Crippen LogP contribution is -2.20. The van der Waals surface area contributed by atoms with Crippen molar-refractivity contribution in [2.45, 2.75) is 6.92 Å². The molecule has 0 saturated carbocycles. The number of nitrogens with one attached hydrogen (secondary N) is 1. The number of carbonyl (C=O) groups excluding carboxylic acids is 2. The van der Waals surface area contributed by atoms with Crippen molar-refractivity contribution in [2.24, 2.45) is 0 Å². The highest BCUT2D eigenvalue weighted by molar-refractivity contribution is 5.95. The Bertz CT molecular complexity index is 422. The van der Waals surface area contributed by atoms with Crippen LogP contribution in [-0.4, -0.2) is 17.2 Å². The molecule has 0 unspecified atom stereocenters. The zero-order chi connectivity index (χ0) is 11.8. The van der Waals surface area contributed by atoms with Crippen LogP contribution >= 0.6 is 0 Å². The molecule has 0 aromatic carbocycles. The van der Waals surface area contributed by atoms with E-state index < -0.39 is 0 Å². The molecule has 81 valence electrons. The monoisotopic (exact) mass is 215 g/mol. The Morgan fingerprint density at radius 2 is 2.31 bits per heavy atom. The van der Waals surface area contributed by atoms with Gasteiger partial charge >= 0.3 is 0 Å². The van der Waals surface area contributed by atoms with E-state index in [1.807, 2.05) is 0 Å². The first-order chi connectivity index (χ1) is 7.76. The Balaban J connectivity index is 2.79. The topological polar surface area (TPSA) is 59.1 Å². The number of carbonyl (C=O) groups is 1. The van der Waals surface area contributed by atoms with Gasteiger partial charge in [0.2, 0.25) is 5.91 Å². The van der Waals surface area contributed by atoms with Crippen molar-refractivity contribution in [3.63, 3.8) is 0 Å². The normalized spacial score (nSPS) is 11.4. The molecule has 0 aliphatic carbocycles. The van der Waals surface area contributed by atoms with E-state index in [0.717, 1.165) is 0 Å². The summed E-state index contributed by atoms with van der Waals surface area (Å²) in [6.45, 7) is 1.71. The Hall–Kier alpha value is -2.23. The standard InChI is InChI=1S/C12H11N2O2/c1-2-5-12(16)14-11(9-15)8-10-6-3-4-7-13-10/h2-8H,1H3,(H,14,16)/b5-2+,11-8?. The van der Waals surface area contributed by atoms with Gasteiger partial charge in [0, 0.05) is 6.20 Å². The van der Waals surface area contributed by atoms with Crippen molar-refractivity contribution in [2.75, 3.05) is 0 Å². The zero-order valence-corrected chi connectivity index (χ0v) is 8.81. The molecule has 0 aliphatic rings. The minimum absolute atomic E-state index is 0.0572. The van der Waals surface area contributed by atoms with Crippen LogP contribution in [-0.2, 0) is 9.59 Å². The minimum Gasteiger partial charge on any atom is -0.319 e. The largest absolute Gasteiger partial charge is 0.319 e. The molecule has 0 fully saturated rings. The second kappa shape index (κ2) is 6.29. The van der Waals surface area contributed by atoms with Gasteiger partial charge in [0.15, 0.2) is 0 Å². The highest BCUT2D eigenvalue weighted by Gasteiger charge is 2.01. The first-order valence-corrected chi connectivity index (χ1v) is 4.71. The number of allylic oxidation sites excluding steroid dienone is 2. The summed E-state index contributed by atoms with van der Waals surface area (Å²) < 4.78 is 0. The predicted octanol–water partition coefficient (Wildman–Crippen LogP) is 1.22. The van der Waals surface area contributed by atoms with Gasteiger partial charge in [-0.2, -0.15) is 0 Å². The molecule has 0 aliphatic heterocycles. The summed E-state index contributed by atoms with van der Waals surface area (Å²) in [6, 6.07) is 5.27. The fraction of sp³-hybridized carbons (Fsp3) is 0.0833. The molecule has 1 heterocycles. The predicted molar refractivity (Wildman–Crippen MR) is 60.9 cm³/mol. The summed E-state index contributed by atoms with van der Waals surface area (Å²) in [5.74, 6) is -0.368. The second-order valence-electron chi connectivity index (χ2n) is 2.90. The summed E-state index contributed by atoms with van der Waals surface area (Å²) in [5, 5.41) is 2.39. The van der Waals surface area contributed by atoms with Crippen LogP contribution in [0.15, 0.2) is 42.2 Å². The van der Waals surface area contributed by atoms with Crippen LogP contribution in [0.5, 0.6) is 0 Å². The van der Waals surface area contributed by atoms with E-state index in [0.29, 0.717) is 5.69 Å². The maximum absolute atomic E-state index is 11.2. The molecule has 0 bridgehead atoms. The van der Waals surface area contributed by atoms with Crippen molar-refractivity contribution < 1.29 is 9.59 Å². The molecule has 1 aromatic heterocycles. The van der Waals surface area contributed by atoms with Crippen LogP contribution in [0, 0.1) is 0 Å². The third-order valence-corrected chi connectivity index (χ3v) is 1.67. The number of pyridine rings is 1. The third-order valence-electron chi connectivity index (χ3n) is 1.67. The SMILES string of the molecule is C/C=C/C(=O)NC([C]=O)=Cc1ccccn1. The minimum atomic E-state index is -0.368. The van der Waals surface area contributed by atoms with Crippen LogP contribution < -0.4 is 5.32 Å². The summed E-state index contributed by atoms with van der Waals surface area (Å²) in [7, 11) is 0. The lowest BCUT2D eigenvalue weighted by atomic mass is 10.3. The Labute approximate surface area is 93.7 Å². The molecule has 1 N–H and O–H groups in total. The summed E-state index contributed by atoms with van der Waals surface area (Å²) in [4.78, 5) is 25.7. The number of aromatic nitrogens is 1. The Morgan fingerprint density at radius 1 is 1.50 bits per heavy atom. The number of nitrogens with zero attached hydrogens (tertiary/aromatic N) is 1. The highest BCUT2D eigenvalue weighted by Crippen LogP contribution is 1.99. The van der Waals surface area contributed by atoms with E-state index in [1.165, 1.54) is 12.2 Å². The average Bonchev–Trinajstić information content (AvgIpc) is 2.30. The van der Waals surface area contributed by atoms with Crippen LogP contribution in [0.1, 0.15) is 12.6 Å². The van der Waals surface area contributed by atoms with Gasteiger partial charge in [-0.3, -0.25) is 14.6 Å². The van der Waals surface area contributed by atoms with Gasteiger partial charge < -0.3 is 5.32 Å². The van der Waals surface area contributed by atoms with Gasteiger partial charge in [0.1, 0.15) is 0 Å². The van der Waals surface area contributed by atoms with Crippen molar-refractivity contribution >= 4 is 18.3 Å². The molecule has 1 aromatic rings. The van der Waals surface area contributed by atoms with E-state index >= 15 is 0 Å². The van der Waals surface area contributed by atoms with Crippen LogP contribution in [0.4, 0.5) is 0 Å². The van der Waals surface area contributed by atoms with Crippen molar-refractivity contribution in [1.82, 2.24) is 10.3 Å². The van der Waals surface area contributed by atoms with Crippen molar-refractivity contribution in [1.29, 1.82) is 0 Å². The van der Waals surface area contributed by atoms with Gasteiger partial charge in [-0.15, -0.1) is 0 Å². The zero-order valence-electron chi connectivity index (χ0n) is 8.81. The molecule has 1 amide bonds. The van der Waals surface area contributed by atoms with E-state index in [2.05, 4.69) is 10.3 Å². The van der Waals surface area contributed by atoms with Gasteiger partial charge in [-0.05, 0) is 31.2 Å². The fourth-order valence-corrected chi connectivity index (χ4v) is 1.03. The first-order valence-electron chi connectivity index (χ1n) is 4.71. The third kappa shape index (κ3) is 3.88. The van der Waals surface area contributed by atoms with Gasteiger partial charge in [-0.1, -0.05) is 12.1 Å².